The van der Waals surface area contributed by atoms with E-state index < -0.39 is 0 Å². The van der Waals surface area contributed by atoms with Crippen molar-refractivity contribution in [1.82, 2.24) is 14.9 Å². The van der Waals surface area contributed by atoms with Gasteiger partial charge in [-0.2, -0.15) is 0 Å². The Balaban J connectivity index is 2.58. The number of rotatable bonds is 5. The number of hydrogen-bond acceptors (Lipinski definition) is 2. The Morgan fingerprint density at radius 1 is 1.46 bits per heavy atom. The van der Waals surface area contributed by atoms with Crippen molar-refractivity contribution in [2.45, 2.75) is 39.3 Å². The highest BCUT2D eigenvalue weighted by molar-refractivity contribution is 4.84. The smallest absolute Gasteiger partial charge is 0.0948 e. The molecule has 1 N–H and O–H groups in total. The molecule has 1 aromatic heterocycles. The normalized spacial score (nSPS) is 15.6. The number of aromatic nitrogens is 2. The van der Waals surface area contributed by atoms with Crippen LogP contribution in [0, 0.1) is 0 Å². The molecule has 0 fully saturated rings. The summed E-state index contributed by atoms with van der Waals surface area (Å²) in [6.45, 7) is 7.60. The summed E-state index contributed by atoms with van der Waals surface area (Å²) in [6.07, 6.45) is 6.87. The maximum Gasteiger partial charge on any atom is 0.0948 e. The van der Waals surface area contributed by atoms with Gasteiger partial charge in [-0.3, -0.25) is 0 Å². The van der Waals surface area contributed by atoms with Crippen LogP contribution in [-0.2, 0) is 0 Å². The average molecular weight is 181 g/mol. The molecule has 0 bridgehead atoms. The SMILES string of the molecule is CCNC(CC)C(C)n1ccnc1. The summed E-state index contributed by atoms with van der Waals surface area (Å²) in [5.41, 5.74) is 0. The Labute approximate surface area is 80.2 Å². The lowest BCUT2D eigenvalue weighted by atomic mass is 10.1. The zero-order valence-corrected chi connectivity index (χ0v) is 8.70. The molecular formula is C10H19N3. The standard InChI is InChI=1S/C10H19N3/c1-4-10(12-5-2)9(3)13-7-6-11-8-13/h6-10,12H,4-5H2,1-3H3. The van der Waals surface area contributed by atoms with Gasteiger partial charge in [0.1, 0.15) is 0 Å². The van der Waals surface area contributed by atoms with Gasteiger partial charge in [-0.15, -0.1) is 0 Å². The first-order chi connectivity index (χ1) is 6.29. The lowest BCUT2D eigenvalue weighted by Crippen LogP contribution is -2.35. The van der Waals surface area contributed by atoms with E-state index in [-0.39, 0.29) is 0 Å². The molecule has 1 rings (SSSR count). The number of nitrogens with one attached hydrogen (secondary N) is 1. The Bertz CT molecular complexity index is 218. The molecule has 0 aliphatic carbocycles. The summed E-state index contributed by atoms with van der Waals surface area (Å²) in [6, 6.07) is 1.02. The molecule has 0 aliphatic rings. The van der Waals surface area contributed by atoms with Crippen LogP contribution >= 0.6 is 0 Å². The van der Waals surface area contributed by atoms with Gasteiger partial charge in [0.15, 0.2) is 0 Å². The third kappa shape index (κ3) is 2.56. The molecule has 2 atom stereocenters. The van der Waals surface area contributed by atoms with E-state index in [1.165, 1.54) is 0 Å². The van der Waals surface area contributed by atoms with E-state index >= 15 is 0 Å². The summed E-state index contributed by atoms with van der Waals surface area (Å²) >= 11 is 0. The monoisotopic (exact) mass is 181 g/mol. The van der Waals surface area contributed by atoms with Crippen molar-refractivity contribution in [2.75, 3.05) is 6.54 Å². The van der Waals surface area contributed by atoms with Crippen molar-refractivity contribution in [3.63, 3.8) is 0 Å². The fourth-order valence-corrected chi connectivity index (χ4v) is 1.64. The molecule has 0 saturated heterocycles. The van der Waals surface area contributed by atoms with Gasteiger partial charge in [-0.05, 0) is 19.9 Å². The highest BCUT2D eigenvalue weighted by Gasteiger charge is 2.14. The van der Waals surface area contributed by atoms with Crippen LogP contribution in [0.25, 0.3) is 0 Å². The van der Waals surface area contributed by atoms with Crippen molar-refractivity contribution < 1.29 is 0 Å². The van der Waals surface area contributed by atoms with E-state index in [1.807, 2.05) is 18.7 Å². The quantitative estimate of drug-likeness (QED) is 0.751. The Hall–Kier alpha value is -0.830. The lowest BCUT2D eigenvalue weighted by Gasteiger charge is -2.24. The van der Waals surface area contributed by atoms with Gasteiger partial charge in [0.05, 0.1) is 6.33 Å². The number of hydrogen-bond donors (Lipinski definition) is 1. The van der Waals surface area contributed by atoms with Gasteiger partial charge >= 0.3 is 0 Å². The van der Waals surface area contributed by atoms with Gasteiger partial charge in [-0.25, -0.2) is 4.98 Å². The minimum atomic E-state index is 0.479. The van der Waals surface area contributed by atoms with Crippen LogP contribution in [0.4, 0.5) is 0 Å². The maximum atomic E-state index is 4.06. The highest BCUT2D eigenvalue weighted by Crippen LogP contribution is 2.12. The maximum absolute atomic E-state index is 4.06. The average Bonchev–Trinajstić information content (AvgIpc) is 2.65. The van der Waals surface area contributed by atoms with Gasteiger partial charge in [-0.1, -0.05) is 13.8 Å². The zero-order valence-electron chi connectivity index (χ0n) is 8.70. The molecule has 1 aromatic rings. The predicted molar refractivity (Wildman–Crippen MR) is 54.7 cm³/mol. The van der Waals surface area contributed by atoms with Gasteiger partial charge in [0.2, 0.25) is 0 Å². The molecule has 13 heavy (non-hydrogen) atoms. The van der Waals surface area contributed by atoms with Crippen molar-refractivity contribution in [1.29, 1.82) is 0 Å². The predicted octanol–water partition coefficient (Wildman–Crippen LogP) is 1.83. The van der Waals surface area contributed by atoms with Crippen LogP contribution in [-0.4, -0.2) is 22.1 Å². The summed E-state index contributed by atoms with van der Waals surface area (Å²) in [7, 11) is 0. The van der Waals surface area contributed by atoms with Gasteiger partial charge in [0, 0.05) is 24.5 Å². The van der Waals surface area contributed by atoms with Crippen LogP contribution in [0.2, 0.25) is 0 Å². The van der Waals surface area contributed by atoms with Crippen molar-refractivity contribution in [2.24, 2.45) is 0 Å². The topological polar surface area (TPSA) is 29.9 Å². The van der Waals surface area contributed by atoms with Crippen molar-refractivity contribution in [3.05, 3.63) is 18.7 Å². The second kappa shape index (κ2) is 5.02. The minimum absolute atomic E-state index is 0.479. The Morgan fingerprint density at radius 2 is 2.23 bits per heavy atom. The largest absolute Gasteiger partial charge is 0.333 e. The first-order valence-electron chi connectivity index (χ1n) is 5.00. The van der Waals surface area contributed by atoms with Crippen LogP contribution in [0.3, 0.4) is 0 Å². The number of nitrogens with zero attached hydrogens (tertiary/aromatic N) is 2. The molecule has 3 heteroatoms. The minimum Gasteiger partial charge on any atom is -0.333 e. The molecule has 0 radical (unpaired) electrons. The van der Waals surface area contributed by atoms with Crippen LogP contribution in [0.1, 0.15) is 33.2 Å². The number of imidazole rings is 1. The first kappa shape index (κ1) is 10.3. The summed E-state index contributed by atoms with van der Waals surface area (Å²) < 4.78 is 2.15. The second-order valence-corrected chi connectivity index (χ2v) is 3.32. The molecule has 0 saturated carbocycles. The van der Waals surface area contributed by atoms with E-state index in [0.29, 0.717) is 12.1 Å². The Morgan fingerprint density at radius 3 is 2.69 bits per heavy atom. The molecule has 0 aliphatic heterocycles. The summed E-state index contributed by atoms with van der Waals surface area (Å²) in [5.74, 6) is 0. The molecule has 2 unspecified atom stereocenters. The van der Waals surface area contributed by atoms with Crippen molar-refractivity contribution in [3.8, 4) is 0 Å². The van der Waals surface area contributed by atoms with Gasteiger partial charge < -0.3 is 9.88 Å². The molecule has 0 spiro atoms. The molecule has 0 amide bonds. The van der Waals surface area contributed by atoms with Crippen LogP contribution < -0.4 is 5.32 Å². The first-order valence-corrected chi connectivity index (χ1v) is 5.00. The fourth-order valence-electron chi connectivity index (χ4n) is 1.64. The molecule has 0 aromatic carbocycles. The van der Waals surface area contributed by atoms with Crippen molar-refractivity contribution >= 4 is 0 Å². The van der Waals surface area contributed by atoms with E-state index in [9.17, 15) is 0 Å². The third-order valence-electron chi connectivity index (χ3n) is 2.48. The molecule has 1 heterocycles. The van der Waals surface area contributed by atoms with Gasteiger partial charge in [0.25, 0.3) is 0 Å². The fraction of sp³-hybridized carbons (Fsp3) is 0.700. The zero-order chi connectivity index (χ0) is 9.68. The number of likely N-dealkylation sites (N-methyl/N-ethyl adjacent to an activating group) is 1. The van der Waals surface area contributed by atoms with E-state index in [0.717, 1.165) is 13.0 Å². The molecular weight excluding hydrogens is 162 g/mol. The van der Waals surface area contributed by atoms with E-state index in [2.05, 4.69) is 35.6 Å². The summed E-state index contributed by atoms with van der Waals surface area (Å²) in [5, 5.41) is 3.47. The van der Waals surface area contributed by atoms with E-state index in [4.69, 9.17) is 0 Å². The van der Waals surface area contributed by atoms with Crippen LogP contribution in [0.15, 0.2) is 18.7 Å². The molecule has 3 nitrogen and oxygen atoms in total. The lowest BCUT2D eigenvalue weighted by molar-refractivity contribution is 0.366. The Kier molecular flexibility index (Phi) is 3.96. The molecule has 74 valence electrons. The third-order valence-corrected chi connectivity index (χ3v) is 2.48. The highest BCUT2D eigenvalue weighted by atomic mass is 15.1. The summed E-state index contributed by atoms with van der Waals surface area (Å²) in [4.78, 5) is 4.06. The van der Waals surface area contributed by atoms with E-state index in [1.54, 1.807) is 0 Å². The second-order valence-electron chi connectivity index (χ2n) is 3.32. The van der Waals surface area contributed by atoms with Crippen LogP contribution in [0.5, 0.6) is 0 Å².